The molecule has 20 heavy (non-hydrogen) atoms. The van der Waals surface area contributed by atoms with Crippen LogP contribution in [-0.4, -0.2) is 78.2 Å². The van der Waals surface area contributed by atoms with Gasteiger partial charge in [0.25, 0.3) is 0 Å². The molecule has 0 N–H and O–H groups in total. The molecule has 5 heteroatoms. The second-order valence-corrected chi connectivity index (χ2v) is 6.53. The number of fused-ring (bicyclic) bond motifs is 1. The smallest absolute Gasteiger partial charge is 0.320 e. The van der Waals surface area contributed by atoms with E-state index >= 15 is 0 Å². The third-order valence-electron chi connectivity index (χ3n) is 4.64. The summed E-state index contributed by atoms with van der Waals surface area (Å²) in [4.78, 5) is 18.8. The number of hydrogen-bond acceptors (Lipinski definition) is 3. The molecule has 0 aromatic heterocycles. The third-order valence-corrected chi connectivity index (χ3v) is 4.64. The number of ether oxygens (including phenoxy) is 1. The van der Waals surface area contributed by atoms with E-state index in [-0.39, 0.29) is 12.1 Å². The van der Waals surface area contributed by atoms with Crippen molar-refractivity contribution in [3.05, 3.63) is 0 Å². The van der Waals surface area contributed by atoms with Gasteiger partial charge in [-0.2, -0.15) is 0 Å². The summed E-state index contributed by atoms with van der Waals surface area (Å²) >= 11 is 0. The van der Waals surface area contributed by atoms with E-state index in [9.17, 15) is 4.79 Å². The van der Waals surface area contributed by atoms with Crippen LogP contribution >= 0.6 is 0 Å². The van der Waals surface area contributed by atoms with Crippen molar-refractivity contribution >= 4 is 6.03 Å². The van der Waals surface area contributed by atoms with E-state index in [4.69, 9.17) is 4.74 Å². The highest BCUT2D eigenvalue weighted by Crippen LogP contribution is 2.25. The molecule has 0 radical (unpaired) electrons. The maximum Gasteiger partial charge on any atom is 0.320 e. The van der Waals surface area contributed by atoms with Crippen molar-refractivity contribution in [3.63, 3.8) is 0 Å². The van der Waals surface area contributed by atoms with Crippen LogP contribution in [-0.2, 0) is 4.74 Å². The molecule has 0 aromatic rings. The lowest BCUT2D eigenvalue weighted by Crippen LogP contribution is -2.63. The fourth-order valence-corrected chi connectivity index (χ4v) is 3.16. The number of likely N-dealkylation sites (tertiary alicyclic amines) is 1. The highest BCUT2D eigenvalue weighted by atomic mass is 16.5. The number of carbonyl (C=O) groups excluding carboxylic acids is 1. The van der Waals surface area contributed by atoms with Crippen molar-refractivity contribution in [2.24, 2.45) is 0 Å². The molecule has 0 bridgehead atoms. The molecule has 2 unspecified atom stereocenters. The number of rotatable bonds is 2. The fourth-order valence-electron chi connectivity index (χ4n) is 3.16. The number of piperidine rings is 1. The van der Waals surface area contributed by atoms with Gasteiger partial charge in [-0.25, -0.2) is 4.79 Å². The minimum Gasteiger partial charge on any atom is -0.375 e. The summed E-state index contributed by atoms with van der Waals surface area (Å²) in [5.41, 5.74) is 0. The van der Waals surface area contributed by atoms with Crippen molar-refractivity contribution in [1.82, 2.24) is 14.7 Å². The van der Waals surface area contributed by atoms with E-state index in [1.807, 2.05) is 16.8 Å². The van der Waals surface area contributed by atoms with Gasteiger partial charge in [0.2, 0.25) is 0 Å². The summed E-state index contributed by atoms with van der Waals surface area (Å²) in [7, 11) is 1.89. The summed E-state index contributed by atoms with van der Waals surface area (Å²) in [6.45, 7) is 11.9. The molecule has 2 fully saturated rings. The lowest BCUT2D eigenvalue weighted by atomic mass is 9.97. The summed E-state index contributed by atoms with van der Waals surface area (Å²) in [5, 5.41) is 0. The van der Waals surface area contributed by atoms with Crippen LogP contribution in [0.5, 0.6) is 0 Å². The van der Waals surface area contributed by atoms with Gasteiger partial charge in [-0.15, -0.1) is 0 Å². The molecular weight excluding hydrogens is 254 g/mol. The molecule has 2 atom stereocenters. The van der Waals surface area contributed by atoms with Gasteiger partial charge in [0.05, 0.1) is 18.8 Å². The Kier molecular flexibility index (Phi) is 4.91. The molecule has 0 aliphatic carbocycles. The van der Waals surface area contributed by atoms with Crippen molar-refractivity contribution in [2.45, 2.75) is 58.3 Å². The predicted molar refractivity (Wildman–Crippen MR) is 79.9 cm³/mol. The Balaban J connectivity index is 2.04. The molecule has 5 nitrogen and oxygen atoms in total. The van der Waals surface area contributed by atoms with Crippen molar-refractivity contribution in [3.8, 4) is 0 Å². The Hall–Kier alpha value is -0.810. The maximum absolute atomic E-state index is 12.5. The number of hydrogen-bond donors (Lipinski definition) is 0. The molecule has 0 aromatic carbocycles. The second-order valence-electron chi connectivity index (χ2n) is 6.53. The van der Waals surface area contributed by atoms with E-state index in [1.165, 1.54) is 0 Å². The monoisotopic (exact) mass is 283 g/mol. The average Bonchev–Trinajstić information content (AvgIpc) is 2.44. The van der Waals surface area contributed by atoms with Gasteiger partial charge in [0.15, 0.2) is 0 Å². The zero-order valence-corrected chi connectivity index (χ0v) is 13.5. The van der Waals surface area contributed by atoms with E-state index in [2.05, 4.69) is 32.6 Å². The number of carbonyl (C=O) groups is 1. The lowest BCUT2D eigenvalue weighted by Gasteiger charge is -2.49. The van der Waals surface area contributed by atoms with Gasteiger partial charge in [-0.05, 0) is 34.1 Å². The van der Waals surface area contributed by atoms with E-state index in [1.54, 1.807) is 0 Å². The average molecular weight is 283 g/mol. The number of morpholine rings is 1. The third kappa shape index (κ3) is 3.09. The highest BCUT2D eigenvalue weighted by molar-refractivity contribution is 5.74. The van der Waals surface area contributed by atoms with E-state index in [0.717, 1.165) is 32.7 Å². The molecule has 2 saturated heterocycles. The molecule has 2 amide bonds. The van der Waals surface area contributed by atoms with Crippen LogP contribution in [0.2, 0.25) is 0 Å². The number of urea groups is 1. The lowest BCUT2D eigenvalue weighted by molar-refractivity contribution is -0.107. The molecule has 116 valence electrons. The number of nitrogens with zero attached hydrogens (tertiary/aromatic N) is 3. The molecule has 0 saturated carbocycles. The second kappa shape index (κ2) is 6.31. The van der Waals surface area contributed by atoms with Crippen LogP contribution in [0.3, 0.4) is 0 Å². The molecule has 2 heterocycles. The Bertz CT molecular complexity index is 346. The molecule has 2 aliphatic rings. The first-order valence-electron chi connectivity index (χ1n) is 7.81. The molecule has 2 aliphatic heterocycles. The first kappa shape index (κ1) is 15.6. The van der Waals surface area contributed by atoms with E-state index in [0.29, 0.717) is 18.2 Å². The van der Waals surface area contributed by atoms with Crippen LogP contribution in [0.4, 0.5) is 4.79 Å². The normalized spacial score (nSPS) is 27.9. The van der Waals surface area contributed by atoms with Crippen LogP contribution < -0.4 is 0 Å². The molecular formula is C15H29N3O2. The van der Waals surface area contributed by atoms with Gasteiger partial charge >= 0.3 is 6.03 Å². The Morgan fingerprint density at radius 2 is 1.95 bits per heavy atom. The Morgan fingerprint density at radius 3 is 2.55 bits per heavy atom. The topological polar surface area (TPSA) is 36.0 Å². The Labute approximate surface area is 122 Å². The zero-order chi connectivity index (χ0) is 14.9. The van der Waals surface area contributed by atoms with Crippen molar-refractivity contribution < 1.29 is 9.53 Å². The van der Waals surface area contributed by atoms with Gasteiger partial charge < -0.3 is 14.5 Å². The minimum absolute atomic E-state index is 0.146. The summed E-state index contributed by atoms with van der Waals surface area (Å²) in [6.07, 6.45) is 1.24. The van der Waals surface area contributed by atoms with Gasteiger partial charge in [0, 0.05) is 38.8 Å². The summed E-state index contributed by atoms with van der Waals surface area (Å²) < 4.78 is 5.91. The van der Waals surface area contributed by atoms with Gasteiger partial charge in [0.1, 0.15) is 0 Å². The standard InChI is InChI=1S/C15H29N3O2/c1-11(2)16(5)15(19)17-7-6-14-13(10-17)18(12(3)4)8-9-20-14/h11-14H,6-10H2,1-5H3. The van der Waals surface area contributed by atoms with Crippen LogP contribution in [0.25, 0.3) is 0 Å². The zero-order valence-electron chi connectivity index (χ0n) is 13.5. The van der Waals surface area contributed by atoms with Gasteiger partial charge in [-0.1, -0.05) is 0 Å². The summed E-state index contributed by atoms with van der Waals surface area (Å²) in [6, 6.07) is 1.24. The van der Waals surface area contributed by atoms with E-state index < -0.39 is 0 Å². The van der Waals surface area contributed by atoms with Crippen molar-refractivity contribution in [1.29, 1.82) is 0 Å². The largest absolute Gasteiger partial charge is 0.375 e. The van der Waals surface area contributed by atoms with Crippen LogP contribution in [0.1, 0.15) is 34.1 Å². The first-order chi connectivity index (χ1) is 9.41. The minimum atomic E-state index is 0.146. The summed E-state index contributed by atoms with van der Waals surface area (Å²) in [5.74, 6) is 0. The fraction of sp³-hybridized carbons (Fsp3) is 0.933. The molecule has 0 spiro atoms. The Morgan fingerprint density at radius 1 is 1.25 bits per heavy atom. The van der Waals surface area contributed by atoms with Crippen molar-refractivity contribution in [2.75, 3.05) is 33.3 Å². The van der Waals surface area contributed by atoms with Gasteiger partial charge in [-0.3, -0.25) is 4.90 Å². The first-order valence-corrected chi connectivity index (χ1v) is 7.81. The van der Waals surface area contributed by atoms with Crippen LogP contribution in [0, 0.1) is 0 Å². The SMILES string of the molecule is CC(C)N(C)C(=O)N1CCC2OCCN(C(C)C)C2C1. The maximum atomic E-state index is 12.5. The quantitative estimate of drug-likeness (QED) is 0.773. The number of amides is 2. The molecule has 2 rings (SSSR count). The van der Waals surface area contributed by atoms with Crippen LogP contribution in [0.15, 0.2) is 0 Å². The highest BCUT2D eigenvalue weighted by Gasteiger charge is 2.39. The predicted octanol–water partition coefficient (Wildman–Crippen LogP) is 1.63.